The SMILES string of the molecule is C=C/C=C\C=C\C1C=CC(c2ccc(N(c3ccc(-c4ccc(-c5ccccc5)cc4)cc3)c3ccc(-c4ccc5ccccc5c4)cc3)cc2)=CC1.C=C\C=C/C=C/C(C=C)=C/C=C/C1C=CC(Nc2ccc(-c3ccc4c(c3)C(C)(C)c3ccccc3-4)c(-c3ccccc3)c2)=CC1.c1ccccc1.c1ccccc1.c1ccccc1.c1ccccc1. The summed E-state index contributed by atoms with van der Waals surface area (Å²) in [7, 11) is 0. The predicted octanol–water partition coefficient (Wildman–Crippen LogP) is 33.5. The molecule has 0 amide bonds. The van der Waals surface area contributed by atoms with Crippen molar-refractivity contribution < 1.29 is 0 Å². The number of benzene rings is 15. The zero-order valence-electron chi connectivity index (χ0n) is 70.4. The quantitative estimate of drug-likeness (QED) is 0.0765. The molecule has 0 fully saturated rings. The minimum atomic E-state index is -0.0344. The van der Waals surface area contributed by atoms with E-state index in [1.807, 2.05) is 188 Å². The molecule has 0 saturated carbocycles. The smallest absolute Gasteiger partial charge is 0.0462 e. The fraction of sp³-hybridized carbons (Fsp3) is 0.0579. The molecule has 15 aromatic rings. The molecule has 1 N–H and O–H groups in total. The molecular weight excluding hydrogens is 1480 g/mol. The van der Waals surface area contributed by atoms with Crippen molar-refractivity contribution in [3.63, 3.8) is 0 Å². The number of nitrogens with one attached hydrogen (secondary N) is 1. The molecule has 2 nitrogen and oxygen atoms in total. The second-order valence-corrected chi connectivity index (χ2v) is 30.4. The van der Waals surface area contributed by atoms with Gasteiger partial charge in [0.05, 0.1) is 0 Å². The summed E-state index contributed by atoms with van der Waals surface area (Å²) in [4.78, 5) is 2.35. The minimum Gasteiger partial charge on any atom is -0.356 e. The van der Waals surface area contributed by atoms with Gasteiger partial charge in [-0.05, 0) is 197 Å². The van der Waals surface area contributed by atoms with Gasteiger partial charge >= 0.3 is 0 Å². The molecule has 3 aliphatic rings. The van der Waals surface area contributed by atoms with Crippen LogP contribution in [0.15, 0.2) is 559 Å². The zero-order valence-corrected chi connectivity index (χ0v) is 70.4. The molecule has 123 heavy (non-hydrogen) atoms. The number of nitrogens with zero attached hydrogens (tertiary/aromatic N) is 1. The highest BCUT2D eigenvalue weighted by atomic mass is 15.1. The Kier molecular flexibility index (Phi) is 31.8. The van der Waals surface area contributed by atoms with Crippen molar-refractivity contribution >= 4 is 39.1 Å². The molecule has 2 atom stereocenters. The van der Waals surface area contributed by atoms with Crippen LogP contribution < -0.4 is 10.2 Å². The summed E-state index contributed by atoms with van der Waals surface area (Å²) in [5, 5.41) is 6.18. The Morgan fingerprint density at radius 2 is 0.732 bits per heavy atom. The Hall–Kier alpha value is -15.2. The van der Waals surface area contributed by atoms with Crippen molar-refractivity contribution in [1.82, 2.24) is 0 Å². The van der Waals surface area contributed by atoms with Gasteiger partial charge < -0.3 is 10.2 Å². The Morgan fingerprint density at radius 1 is 0.317 bits per heavy atom. The highest BCUT2D eigenvalue weighted by Crippen LogP contribution is 2.50. The van der Waals surface area contributed by atoms with E-state index in [1.54, 1.807) is 12.2 Å². The Labute approximate surface area is 730 Å². The molecule has 3 aliphatic carbocycles. The van der Waals surface area contributed by atoms with Crippen LogP contribution in [0.25, 0.3) is 83.1 Å². The fourth-order valence-corrected chi connectivity index (χ4v) is 15.0. The van der Waals surface area contributed by atoms with Gasteiger partial charge in [0.15, 0.2) is 0 Å². The summed E-state index contributed by atoms with van der Waals surface area (Å²) in [6.45, 7) is 16.0. The van der Waals surface area contributed by atoms with Crippen LogP contribution in [0.2, 0.25) is 0 Å². The first-order valence-electron chi connectivity index (χ1n) is 42.4. The maximum absolute atomic E-state index is 3.92. The zero-order chi connectivity index (χ0) is 84.7. The van der Waals surface area contributed by atoms with E-state index in [1.165, 1.54) is 99.8 Å². The molecule has 2 heteroatoms. The number of rotatable bonds is 20. The normalized spacial score (nSPS) is 14.0. The van der Waals surface area contributed by atoms with Gasteiger partial charge in [-0.1, -0.05) is 495 Å². The number of anilines is 4. The van der Waals surface area contributed by atoms with Gasteiger partial charge in [-0.25, -0.2) is 0 Å². The van der Waals surface area contributed by atoms with Gasteiger partial charge in [-0.2, -0.15) is 0 Å². The van der Waals surface area contributed by atoms with Crippen LogP contribution in [0.1, 0.15) is 43.4 Å². The molecule has 0 aliphatic heterocycles. The van der Waals surface area contributed by atoms with E-state index < -0.39 is 0 Å². The minimum absolute atomic E-state index is 0.0344. The van der Waals surface area contributed by atoms with Gasteiger partial charge in [0.1, 0.15) is 0 Å². The lowest BCUT2D eigenvalue weighted by Gasteiger charge is -2.26. The lowest BCUT2D eigenvalue weighted by Crippen LogP contribution is -2.14. The number of allylic oxidation sites excluding steroid dienone is 22. The van der Waals surface area contributed by atoms with Gasteiger partial charge in [0, 0.05) is 33.9 Å². The van der Waals surface area contributed by atoms with Crippen LogP contribution in [0.5, 0.6) is 0 Å². The van der Waals surface area contributed by atoms with Crippen LogP contribution in [0, 0.1) is 11.8 Å². The maximum atomic E-state index is 3.92. The highest BCUT2D eigenvalue weighted by molar-refractivity contribution is 5.91. The summed E-state index contributed by atoms with van der Waals surface area (Å²) in [5.41, 5.74) is 26.7. The molecule has 18 rings (SSSR count). The van der Waals surface area contributed by atoms with E-state index in [9.17, 15) is 0 Å². The lowest BCUT2D eigenvalue weighted by molar-refractivity contribution is 0.660. The molecule has 0 aromatic heterocycles. The van der Waals surface area contributed by atoms with Gasteiger partial charge in [0.2, 0.25) is 0 Å². The molecule has 0 radical (unpaired) electrons. The van der Waals surface area contributed by atoms with E-state index in [0.717, 1.165) is 46.9 Å². The van der Waals surface area contributed by atoms with Crippen molar-refractivity contribution in [1.29, 1.82) is 0 Å². The van der Waals surface area contributed by atoms with E-state index in [2.05, 4.69) is 371 Å². The van der Waals surface area contributed by atoms with Gasteiger partial charge in [-0.15, -0.1) is 0 Å². The molecule has 15 aromatic carbocycles. The second kappa shape index (κ2) is 45.7. The summed E-state index contributed by atoms with van der Waals surface area (Å²) in [6.07, 6.45) is 43.6. The van der Waals surface area contributed by atoms with Gasteiger partial charge in [-0.3, -0.25) is 0 Å². The monoisotopic (exact) mass is 1590 g/mol. The third-order valence-corrected chi connectivity index (χ3v) is 21.6. The van der Waals surface area contributed by atoms with E-state index in [-0.39, 0.29) is 5.41 Å². The van der Waals surface area contributed by atoms with E-state index in [4.69, 9.17) is 0 Å². The molecule has 0 heterocycles. The summed E-state index contributed by atoms with van der Waals surface area (Å²) < 4.78 is 0. The summed E-state index contributed by atoms with van der Waals surface area (Å²) >= 11 is 0. The van der Waals surface area contributed by atoms with Crippen molar-refractivity contribution in [2.45, 2.75) is 32.1 Å². The van der Waals surface area contributed by atoms with Crippen molar-refractivity contribution in [3.05, 3.63) is 576 Å². The molecule has 0 spiro atoms. The van der Waals surface area contributed by atoms with Crippen LogP contribution in [-0.4, -0.2) is 0 Å². The Balaban J connectivity index is 0.000000166. The largest absolute Gasteiger partial charge is 0.356 e. The topological polar surface area (TPSA) is 15.3 Å². The van der Waals surface area contributed by atoms with Gasteiger partial charge in [0.25, 0.3) is 0 Å². The number of hydrogen-bond donors (Lipinski definition) is 1. The molecule has 0 saturated heterocycles. The molecule has 2 unspecified atom stereocenters. The molecule has 600 valence electrons. The third kappa shape index (κ3) is 24.7. The summed E-state index contributed by atoms with van der Waals surface area (Å²) in [5.74, 6) is 0.764. The predicted molar refractivity (Wildman–Crippen MR) is 534 cm³/mol. The lowest BCUT2D eigenvalue weighted by atomic mass is 9.81. The molecule has 0 bridgehead atoms. The van der Waals surface area contributed by atoms with Crippen molar-refractivity contribution in [2.24, 2.45) is 11.8 Å². The van der Waals surface area contributed by atoms with Crippen LogP contribution in [0.4, 0.5) is 22.7 Å². The van der Waals surface area contributed by atoms with E-state index in [0.29, 0.717) is 11.8 Å². The second-order valence-electron chi connectivity index (χ2n) is 30.4. The number of hydrogen-bond acceptors (Lipinski definition) is 2. The molecular formula is C121H106N2. The first-order chi connectivity index (χ1) is 60.7. The third-order valence-electron chi connectivity index (χ3n) is 21.6. The average Bonchev–Trinajstić information content (AvgIpc) is 1.58. The summed E-state index contributed by atoms with van der Waals surface area (Å²) in [6, 6.07) is 143. The van der Waals surface area contributed by atoms with Crippen molar-refractivity contribution in [2.75, 3.05) is 10.2 Å². The Morgan fingerprint density at radius 3 is 1.24 bits per heavy atom. The Bertz CT molecular complexity index is 5920. The highest BCUT2D eigenvalue weighted by Gasteiger charge is 2.35. The average molecular weight is 1590 g/mol. The van der Waals surface area contributed by atoms with Crippen LogP contribution >= 0.6 is 0 Å². The van der Waals surface area contributed by atoms with Crippen LogP contribution in [0.3, 0.4) is 0 Å². The van der Waals surface area contributed by atoms with Crippen molar-refractivity contribution in [3.8, 4) is 66.8 Å². The van der Waals surface area contributed by atoms with E-state index >= 15 is 0 Å². The maximum Gasteiger partial charge on any atom is 0.0462 e. The number of fused-ring (bicyclic) bond motifs is 4. The van der Waals surface area contributed by atoms with Crippen LogP contribution in [-0.2, 0) is 5.41 Å². The first kappa shape index (κ1) is 85.7. The first-order valence-corrected chi connectivity index (χ1v) is 42.4. The fourth-order valence-electron chi connectivity index (χ4n) is 15.0. The standard InChI is InChI=1S/C52H41N.C45H41N.4C6H6/c1-2-3-4-6-11-39-16-18-42(19-17-39)45-26-32-50(33-27-45)53(52-36-30-47(31-37-52)49-25-24-41-14-9-10-15-48(41)38-49)51-34-28-46(29-35-51)44-22-20-43(21-23-44)40-12-7-5-8-13-40;1-5-7-8-10-16-33(6-2)17-15-18-34-23-26-37(27-24-34)46-38-28-30-39(42(32-38)35-19-11-9-12-20-35)36-25-29-41-40-21-13-14-22-43(40)45(3,4)44(41)31-36;4*1-2-4-6-5-3-1/h2-16,18-39H,1,17H2;5-23,25-32,34,46H,1-2,24H2,3-4H3;4*1-6H/b4-3-,11-6+;8-7-,16-10+,18-15+,33-17+;;;;.